The molecule has 17 heavy (non-hydrogen) atoms. The first-order chi connectivity index (χ1) is 8.16. The second-order valence-corrected chi connectivity index (χ2v) is 5.43. The van der Waals surface area contributed by atoms with Gasteiger partial charge in [0.15, 0.2) is 0 Å². The normalized spacial score (nSPS) is 21.5. The number of nitrogens with zero attached hydrogens (tertiary/aromatic N) is 3. The van der Waals surface area contributed by atoms with Crippen molar-refractivity contribution in [1.29, 1.82) is 0 Å². The number of ether oxygens (including phenoxy) is 1. The minimum absolute atomic E-state index is 0.209. The van der Waals surface area contributed by atoms with Crippen molar-refractivity contribution in [3.63, 3.8) is 0 Å². The van der Waals surface area contributed by atoms with E-state index in [2.05, 4.69) is 37.8 Å². The summed E-state index contributed by atoms with van der Waals surface area (Å²) in [5, 5.41) is 0.209. The average molecular weight is 321 g/mol. The van der Waals surface area contributed by atoms with Crippen molar-refractivity contribution in [3.8, 4) is 5.88 Å². The fraction of sp³-hybridized carbons (Fsp3) is 0.636. The van der Waals surface area contributed by atoms with Crippen LogP contribution in [0, 0.1) is 0 Å². The molecule has 0 aromatic carbocycles. The number of hydrogen-bond donors (Lipinski definition) is 0. The van der Waals surface area contributed by atoms with Crippen LogP contribution in [-0.2, 0) is 0 Å². The van der Waals surface area contributed by atoms with Gasteiger partial charge in [0.2, 0.25) is 11.2 Å². The second-order valence-electron chi connectivity index (χ2n) is 4.23. The van der Waals surface area contributed by atoms with Crippen molar-refractivity contribution in [2.75, 3.05) is 20.2 Å². The number of likely N-dealkylation sites (tertiary alicyclic amines) is 1. The zero-order valence-electron chi connectivity index (χ0n) is 9.70. The van der Waals surface area contributed by atoms with Crippen LogP contribution in [0.15, 0.2) is 10.7 Å². The van der Waals surface area contributed by atoms with E-state index in [1.807, 2.05) is 0 Å². The van der Waals surface area contributed by atoms with Gasteiger partial charge in [-0.15, -0.1) is 0 Å². The predicted molar refractivity (Wildman–Crippen MR) is 70.5 cm³/mol. The maximum absolute atomic E-state index is 5.73. The Bertz CT molecular complexity index is 391. The van der Waals surface area contributed by atoms with Crippen LogP contribution in [0.4, 0.5) is 0 Å². The molecule has 1 atom stereocenters. The molecule has 1 aliphatic heterocycles. The van der Waals surface area contributed by atoms with Crippen LogP contribution in [0.25, 0.3) is 0 Å². The minimum Gasteiger partial charge on any atom is -0.475 e. The van der Waals surface area contributed by atoms with Crippen LogP contribution in [0.3, 0.4) is 0 Å². The molecule has 0 bridgehead atoms. The van der Waals surface area contributed by atoms with E-state index < -0.39 is 0 Å². The van der Waals surface area contributed by atoms with Crippen molar-refractivity contribution >= 4 is 27.5 Å². The van der Waals surface area contributed by atoms with E-state index in [9.17, 15) is 0 Å². The molecule has 0 radical (unpaired) electrons. The summed E-state index contributed by atoms with van der Waals surface area (Å²) in [5.41, 5.74) is 0. The molecule has 0 saturated carbocycles. The molecule has 0 aliphatic carbocycles. The van der Waals surface area contributed by atoms with E-state index in [0.717, 1.165) is 11.0 Å². The van der Waals surface area contributed by atoms with E-state index in [1.54, 1.807) is 6.20 Å². The lowest BCUT2D eigenvalue weighted by Gasteiger charge is -2.32. The summed E-state index contributed by atoms with van der Waals surface area (Å²) in [5.74, 6) is 0.518. The Morgan fingerprint density at radius 3 is 3.18 bits per heavy atom. The van der Waals surface area contributed by atoms with E-state index in [0.29, 0.717) is 18.5 Å². The predicted octanol–water partition coefficient (Wildman–Crippen LogP) is 2.76. The largest absolute Gasteiger partial charge is 0.475 e. The molecular formula is C11H15BrClN3O. The Morgan fingerprint density at radius 2 is 2.41 bits per heavy atom. The lowest BCUT2D eigenvalue weighted by Crippen LogP contribution is -2.40. The maximum Gasteiger partial charge on any atom is 0.232 e. The van der Waals surface area contributed by atoms with Crippen molar-refractivity contribution < 1.29 is 4.74 Å². The van der Waals surface area contributed by atoms with Crippen LogP contribution in [-0.4, -0.2) is 41.1 Å². The third-order valence-corrected chi connectivity index (χ3v) is 3.74. The van der Waals surface area contributed by atoms with Crippen LogP contribution in [0.2, 0.25) is 5.28 Å². The maximum atomic E-state index is 5.73. The van der Waals surface area contributed by atoms with Crippen LogP contribution in [0.5, 0.6) is 5.88 Å². The number of aromatic nitrogens is 2. The van der Waals surface area contributed by atoms with Crippen molar-refractivity contribution in [2.45, 2.75) is 25.3 Å². The lowest BCUT2D eigenvalue weighted by atomic mass is 10.0. The summed E-state index contributed by atoms with van der Waals surface area (Å²) >= 11 is 9.08. The third-order valence-electron chi connectivity index (χ3n) is 3.02. The van der Waals surface area contributed by atoms with E-state index in [-0.39, 0.29) is 5.28 Å². The smallest absolute Gasteiger partial charge is 0.232 e. The topological polar surface area (TPSA) is 38.2 Å². The Hall–Kier alpha value is -0.390. The van der Waals surface area contributed by atoms with E-state index in [4.69, 9.17) is 16.3 Å². The molecule has 1 aromatic heterocycles. The first kappa shape index (κ1) is 13.1. The van der Waals surface area contributed by atoms with Gasteiger partial charge in [0, 0.05) is 12.2 Å². The Kier molecular flexibility index (Phi) is 4.59. The van der Waals surface area contributed by atoms with Gasteiger partial charge in [-0.3, -0.25) is 0 Å². The van der Waals surface area contributed by atoms with E-state index in [1.165, 1.54) is 19.3 Å². The monoisotopic (exact) mass is 319 g/mol. The van der Waals surface area contributed by atoms with Gasteiger partial charge in [-0.2, -0.15) is 4.98 Å². The summed E-state index contributed by atoms with van der Waals surface area (Å²) < 4.78 is 6.44. The highest BCUT2D eigenvalue weighted by molar-refractivity contribution is 9.10. The summed E-state index contributed by atoms with van der Waals surface area (Å²) in [6.07, 6.45) is 5.32. The molecule has 1 unspecified atom stereocenters. The summed E-state index contributed by atoms with van der Waals surface area (Å²) in [6, 6.07) is 0.462. The molecule has 4 nitrogen and oxygen atoms in total. The second kappa shape index (κ2) is 5.98. The SMILES string of the molecule is CN1CCCCC1COc1nc(Cl)ncc1Br. The van der Waals surface area contributed by atoms with Gasteiger partial charge < -0.3 is 9.64 Å². The molecule has 1 aromatic rings. The Morgan fingerprint density at radius 1 is 1.59 bits per heavy atom. The Labute approximate surface area is 114 Å². The van der Waals surface area contributed by atoms with Crippen LogP contribution in [0.1, 0.15) is 19.3 Å². The first-order valence-corrected chi connectivity index (χ1v) is 6.85. The van der Waals surface area contributed by atoms with Crippen molar-refractivity contribution in [2.24, 2.45) is 0 Å². The van der Waals surface area contributed by atoms with Crippen molar-refractivity contribution in [1.82, 2.24) is 14.9 Å². The van der Waals surface area contributed by atoms with Crippen LogP contribution >= 0.6 is 27.5 Å². The van der Waals surface area contributed by atoms with Gasteiger partial charge in [-0.1, -0.05) is 6.42 Å². The molecule has 6 heteroatoms. The fourth-order valence-electron chi connectivity index (χ4n) is 1.96. The van der Waals surface area contributed by atoms with Crippen LogP contribution < -0.4 is 4.74 Å². The lowest BCUT2D eigenvalue weighted by molar-refractivity contribution is 0.122. The number of rotatable bonds is 3. The van der Waals surface area contributed by atoms with Crippen molar-refractivity contribution in [3.05, 3.63) is 16.0 Å². The standard InChI is InChI=1S/C11H15BrClN3O/c1-16-5-3-2-4-8(16)7-17-10-9(12)6-14-11(13)15-10/h6,8H,2-5,7H2,1H3. The summed E-state index contributed by atoms with van der Waals surface area (Å²) in [4.78, 5) is 10.2. The molecule has 1 fully saturated rings. The quantitative estimate of drug-likeness (QED) is 0.803. The summed E-state index contributed by atoms with van der Waals surface area (Å²) in [6.45, 7) is 1.78. The first-order valence-electron chi connectivity index (χ1n) is 5.68. The van der Waals surface area contributed by atoms with Gasteiger partial charge in [-0.25, -0.2) is 4.98 Å². The highest BCUT2D eigenvalue weighted by Crippen LogP contribution is 2.24. The molecule has 1 aliphatic rings. The molecule has 94 valence electrons. The molecule has 2 heterocycles. The molecule has 0 spiro atoms. The highest BCUT2D eigenvalue weighted by Gasteiger charge is 2.20. The number of piperidine rings is 1. The Balaban J connectivity index is 1.94. The third kappa shape index (κ3) is 3.53. The van der Waals surface area contributed by atoms with E-state index >= 15 is 0 Å². The molecule has 0 amide bonds. The molecular weight excluding hydrogens is 305 g/mol. The van der Waals surface area contributed by atoms with Gasteiger partial charge in [0.1, 0.15) is 6.61 Å². The number of hydrogen-bond acceptors (Lipinski definition) is 4. The fourth-order valence-corrected chi connectivity index (χ4v) is 2.39. The van der Waals surface area contributed by atoms with Gasteiger partial charge in [0.05, 0.1) is 4.47 Å². The zero-order chi connectivity index (χ0) is 12.3. The summed E-state index contributed by atoms with van der Waals surface area (Å²) in [7, 11) is 2.13. The average Bonchev–Trinajstić information content (AvgIpc) is 2.32. The number of likely N-dealkylation sites (N-methyl/N-ethyl adjacent to an activating group) is 1. The van der Waals surface area contributed by atoms with Gasteiger partial charge in [-0.05, 0) is 54.0 Å². The molecule has 0 N–H and O–H groups in total. The molecule has 1 saturated heterocycles. The molecule has 2 rings (SSSR count). The van der Waals surface area contributed by atoms with Gasteiger partial charge in [0.25, 0.3) is 0 Å². The zero-order valence-corrected chi connectivity index (χ0v) is 12.0. The van der Waals surface area contributed by atoms with Gasteiger partial charge >= 0.3 is 0 Å². The highest BCUT2D eigenvalue weighted by atomic mass is 79.9. The number of halogens is 2. The minimum atomic E-state index is 0.209.